The summed E-state index contributed by atoms with van der Waals surface area (Å²) in [5, 5.41) is 1.47. The van der Waals surface area contributed by atoms with E-state index in [4.69, 9.17) is 0 Å². The molecule has 0 radical (unpaired) electrons. The number of hydrogen-bond acceptors (Lipinski definition) is 6. The Morgan fingerprint density at radius 1 is 0.875 bits per heavy atom. The lowest BCUT2D eigenvalue weighted by Crippen LogP contribution is -2.50. The quantitative estimate of drug-likeness (QED) is 0.534. The number of benzene rings is 2. The molecule has 0 unspecified atom stereocenters. The predicted octanol–water partition coefficient (Wildman–Crippen LogP) is 3.35. The second-order valence-corrected chi connectivity index (χ2v) is 10.4. The summed E-state index contributed by atoms with van der Waals surface area (Å²) in [6.07, 6.45) is 0. The molecule has 1 fully saturated rings. The van der Waals surface area contributed by atoms with E-state index in [9.17, 15) is 18.0 Å². The van der Waals surface area contributed by atoms with E-state index in [1.54, 1.807) is 17.0 Å². The fourth-order valence-corrected chi connectivity index (χ4v) is 6.28. The Labute approximate surface area is 190 Å². The average molecular weight is 471 g/mol. The minimum absolute atomic E-state index is 0.0918. The first-order chi connectivity index (χ1) is 15.4. The van der Waals surface area contributed by atoms with Gasteiger partial charge in [-0.1, -0.05) is 42.5 Å². The Morgan fingerprint density at radius 2 is 1.50 bits per heavy atom. The summed E-state index contributed by atoms with van der Waals surface area (Å²) < 4.78 is 31.9. The highest BCUT2D eigenvalue weighted by Gasteiger charge is 2.32. The Balaban J connectivity index is 1.40. The summed E-state index contributed by atoms with van der Waals surface area (Å²) in [5.41, 5.74) is 2.89. The van der Waals surface area contributed by atoms with Gasteiger partial charge < -0.3 is 9.64 Å². The van der Waals surface area contributed by atoms with Gasteiger partial charge in [-0.2, -0.15) is 4.31 Å². The molecule has 0 saturated carbocycles. The molecule has 0 aliphatic carbocycles. The van der Waals surface area contributed by atoms with E-state index in [1.807, 2.05) is 42.5 Å². The summed E-state index contributed by atoms with van der Waals surface area (Å²) in [7, 11) is -2.48. The van der Waals surface area contributed by atoms with E-state index >= 15 is 0 Å². The van der Waals surface area contributed by atoms with Crippen molar-refractivity contribution in [1.82, 2.24) is 9.21 Å². The number of carbonyl (C=O) groups excluding carboxylic acids is 2. The molecule has 0 N–H and O–H groups in total. The predicted molar refractivity (Wildman–Crippen MR) is 122 cm³/mol. The molecule has 2 heterocycles. The zero-order valence-electron chi connectivity index (χ0n) is 17.4. The van der Waals surface area contributed by atoms with E-state index in [1.165, 1.54) is 22.9 Å². The number of amides is 1. The van der Waals surface area contributed by atoms with Crippen molar-refractivity contribution in [1.29, 1.82) is 0 Å². The highest BCUT2D eigenvalue weighted by Crippen LogP contribution is 2.26. The van der Waals surface area contributed by atoms with Crippen LogP contribution in [0.15, 0.2) is 70.3 Å². The maximum Gasteiger partial charge on any atom is 0.338 e. The van der Waals surface area contributed by atoms with E-state index < -0.39 is 16.0 Å². The van der Waals surface area contributed by atoms with E-state index in [2.05, 4.69) is 4.74 Å². The summed E-state index contributed by atoms with van der Waals surface area (Å²) >= 11 is 0.986. The lowest BCUT2D eigenvalue weighted by atomic mass is 10.0. The first-order valence-corrected chi connectivity index (χ1v) is 12.3. The number of piperazine rings is 1. The zero-order valence-corrected chi connectivity index (χ0v) is 19.1. The maximum absolute atomic E-state index is 12.9. The summed E-state index contributed by atoms with van der Waals surface area (Å²) in [4.78, 5) is 26.2. The maximum atomic E-state index is 12.9. The molecule has 166 valence electrons. The molecule has 3 aromatic rings. The van der Waals surface area contributed by atoms with Gasteiger partial charge in [0.05, 0.1) is 12.7 Å². The van der Waals surface area contributed by atoms with Crippen LogP contribution in [0.4, 0.5) is 0 Å². The summed E-state index contributed by atoms with van der Waals surface area (Å²) in [6.45, 7) is 0.991. The van der Waals surface area contributed by atoms with Gasteiger partial charge in [-0.25, -0.2) is 13.2 Å². The largest absolute Gasteiger partial charge is 0.465 e. The van der Waals surface area contributed by atoms with Crippen LogP contribution in [0.1, 0.15) is 20.7 Å². The van der Waals surface area contributed by atoms with Crippen LogP contribution in [0, 0.1) is 0 Å². The molecule has 1 aromatic heterocycles. The van der Waals surface area contributed by atoms with Crippen molar-refractivity contribution in [2.45, 2.75) is 4.21 Å². The molecule has 4 rings (SSSR count). The third kappa shape index (κ3) is 4.45. The molecule has 9 heteroatoms. The molecule has 7 nitrogen and oxygen atoms in total. The van der Waals surface area contributed by atoms with Gasteiger partial charge in [0.15, 0.2) is 0 Å². The molecule has 1 amide bonds. The number of thiophene rings is 1. The number of methoxy groups -OCH3 is 1. The standard InChI is InChI=1S/C23H22N2O5S2/c1-30-23(27)20-15-21(31-16-20)32(28,29)25-13-11-24(12-14-25)22(26)19-9-7-18(8-10-19)17-5-3-2-4-6-17/h2-10,15-16H,11-14H2,1H3. The molecule has 2 aromatic carbocycles. The van der Waals surface area contributed by atoms with Gasteiger partial charge in [0, 0.05) is 37.1 Å². The van der Waals surface area contributed by atoms with Gasteiger partial charge >= 0.3 is 5.97 Å². The number of nitrogens with zero attached hydrogens (tertiary/aromatic N) is 2. The van der Waals surface area contributed by atoms with Gasteiger partial charge in [-0.15, -0.1) is 11.3 Å². The van der Waals surface area contributed by atoms with Crippen molar-refractivity contribution >= 4 is 33.2 Å². The lowest BCUT2D eigenvalue weighted by molar-refractivity contribution is 0.0600. The number of esters is 1. The highest BCUT2D eigenvalue weighted by atomic mass is 32.2. The van der Waals surface area contributed by atoms with Crippen molar-refractivity contribution in [2.75, 3.05) is 33.3 Å². The van der Waals surface area contributed by atoms with Gasteiger partial charge in [0.25, 0.3) is 15.9 Å². The lowest BCUT2D eigenvalue weighted by Gasteiger charge is -2.33. The van der Waals surface area contributed by atoms with Crippen LogP contribution in [-0.4, -0.2) is 62.8 Å². The van der Waals surface area contributed by atoms with Crippen molar-refractivity contribution < 1.29 is 22.7 Å². The highest BCUT2D eigenvalue weighted by molar-refractivity contribution is 7.91. The second kappa shape index (κ2) is 9.23. The number of carbonyl (C=O) groups is 2. The van der Waals surface area contributed by atoms with Gasteiger partial charge in [-0.3, -0.25) is 4.79 Å². The molecule has 1 aliphatic heterocycles. The van der Waals surface area contributed by atoms with E-state index in [-0.39, 0.29) is 28.8 Å². The monoisotopic (exact) mass is 470 g/mol. The second-order valence-electron chi connectivity index (χ2n) is 7.29. The Morgan fingerprint density at radius 3 is 2.12 bits per heavy atom. The topological polar surface area (TPSA) is 84.0 Å². The number of hydrogen-bond donors (Lipinski definition) is 0. The molecule has 1 saturated heterocycles. The van der Waals surface area contributed by atoms with E-state index in [0.29, 0.717) is 18.7 Å². The van der Waals surface area contributed by atoms with Crippen LogP contribution in [0.5, 0.6) is 0 Å². The molecule has 0 bridgehead atoms. The number of sulfonamides is 1. The third-order valence-electron chi connectivity index (χ3n) is 5.36. The third-order valence-corrected chi connectivity index (χ3v) is 8.67. The number of ether oxygens (including phenoxy) is 1. The molecule has 1 aliphatic rings. The molecular formula is C23H22N2O5S2. The average Bonchev–Trinajstić information content (AvgIpc) is 3.35. The van der Waals surface area contributed by atoms with Gasteiger partial charge in [-0.05, 0) is 29.3 Å². The van der Waals surface area contributed by atoms with Crippen LogP contribution in [-0.2, 0) is 14.8 Å². The van der Waals surface area contributed by atoms with Crippen LogP contribution in [0.25, 0.3) is 11.1 Å². The fraction of sp³-hybridized carbons (Fsp3) is 0.217. The summed E-state index contributed by atoms with van der Waals surface area (Å²) in [5.74, 6) is -0.692. The first kappa shape index (κ1) is 22.2. The minimum atomic E-state index is -3.73. The van der Waals surface area contributed by atoms with Crippen molar-refractivity contribution in [3.63, 3.8) is 0 Å². The van der Waals surface area contributed by atoms with Crippen LogP contribution in [0.3, 0.4) is 0 Å². The van der Waals surface area contributed by atoms with Crippen LogP contribution in [0.2, 0.25) is 0 Å². The minimum Gasteiger partial charge on any atom is -0.465 e. The fourth-order valence-electron chi connectivity index (χ4n) is 3.55. The van der Waals surface area contributed by atoms with Gasteiger partial charge in [0.1, 0.15) is 4.21 Å². The van der Waals surface area contributed by atoms with E-state index in [0.717, 1.165) is 22.5 Å². The first-order valence-electron chi connectivity index (χ1n) is 10.0. The van der Waals surface area contributed by atoms with Crippen LogP contribution >= 0.6 is 11.3 Å². The SMILES string of the molecule is COC(=O)c1csc(S(=O)(=O)N2CCN(C(=O)c3ccc(-c4ccccc4)cc3)CC2)c1. The van der Waals surface area contributed by atoms with Crippen molar-refractivity contribution in [2.24, 2.45) is 0 Å². The Kier molecular flexibility index (Phi) is 6.40. The van der Waals surface area contributed by atoms with Gasteiger partial charge in [0.2, 0.25) is 0 Å². The normalized spacial score (nSPS) is 14.8. The molecule has 0 spiro atoms. The summed E-state index contributed by atoms with van der Waals surface area (Å²) in [6, 6.07) is 18.7. The van der Waals surface area contributed by atoms with Crippen molar-refractivity contribution in [3.8, 4) is 11.1 Å². The van der Waals surface area contributed by atoms with Crippen LogP contribution < -0.4 is 0 Å². The molecule has 0 atom stereocenters. The Hall–Kier alpha value is -3.01. The zero-order chi connectivity index (χ0) is 22.7. The molecule has 32 heavy (non-hydrogen) atoms. The Bertz CT molecular complexity index is 1210. The smallest absolute Gasteiger partial charge is 0.338 e. The molecular weight excluding hydrogens is 448 g/mol. The number of rotatable bonds is 5. The van der Waals surface area contributed by atoms with Crippen molar-refractivity contribution in [3.05, 3.63) is 77.2 Å².